The maximum Gasteiger partial charge on any atom is 0.250 e. The minimum Gasteiger partial charge on any atom is -0.298 e. The molecule has 3 nitrogen and oxygen atoms in total. The van der Waals surface area contributed by atoms with Gasteiger partial charge in [-0.15, -0.1) is 11.3 Å². The van der Waals surface area contributed by atoms with Gasteiger partial charge in [-0.2, -0.15) is 0 Å². The van der Waals surface area contributed by atoms with Crippen molar-refractivity contribution >= 4 is 44.4 Å². The number of rotatable bonds is 5. The number of carbonyl (C=O) groups is 1. The van der Waals surface area contributed by atoms with Crippen LogP contribution in [0.5, 0.6) is 0 Å². The Bertz CT molecular complexity index is 957. The van der Waals surface area contributed by atoms with Crippen LogP contribution in [0.3, 0.4) is 0 Å². The first-order chi connectivity index (χ1) is 12.9. The summed E-state index contributed by atoms with van der Waals surface area (Å²) in [7, 11) is 0. The Labute approximate surface area is 172 Å². The van der Waals surface area contributed by atoms with Crippen LogP contribution in [-0.4, -0.2) is 10.9 Å². The van der Waals surface area contributed by atoms with E-state index < -0.39 is 0 Å². The van der Waals surface area contributed by atoms with Gasteiger partial charge in [-0.05, 0) is 42.2 Å². The summed E-state index contributed by atoms with van der Waals surface area (Å²) in [6.07, 6.45) is 3.36. The van der Waals surface area contributed by atoms with E-state index in [2.05, 4.69) is 52.2 Å². The highest BCUT2D eigenvalue weighted by molar-refractivity contribution is 9.10. The van der Waals surface area contributed by atoms with Crippen LogP contribution in [0.25, 0.3) is 17.3 Å². The summed E-state index contributed by atoms with van der Waals surface area (Å²) in [4.78, 5) is 17.9. The Morgan fingerprint density at radius 2 is 1.78 bits per heavy atom. The van der Waals surface area contributed by atoms with Crippen molar-refractivity contribution in [3.63, 3.8) is 0 Å². The summed E-state index contributed by atoms with van der Waals surface area (Å²) in [5, 5.41) is 3.46. The molecule has 0 radical (unpaired) electrons. The van der Waals surface area contributed by atoms with Crippen molar-refractivity contribution < 1.29 is 4.79 Å². The molecule has 27 heavy (non-hydrogen) atoms. The number of halogens is 1. The zero-order valence-electron chi connectivity index (χ0n) is 15.5. The van der Waals surface area contributed by atoms with Crippen LogP contribution in [0, 0.1) is 6.92 Å². The highest BCUT2D eigenvalue weighted by Crippen LogP contribution is 2.31. The lowest BCUT2D eigenvalue weighted by Crippen LogP contribution is -2.07. The first kappa shape index (κ1) is 19.5. The van der Waals surface area contributed by atoms with Crippen molar-refractivity contribution in [2.45, 2.75) is 26.7 Å². The van der Waals surface area contributed by atoms with Crippen molar-refractivity contribution in [2.75, 3.05) is 5.32 Å². The fourth-order valence-electron chi connectivity index (χ4n) is 2.64. The summed E-state index contributed by atoms with van der Waals surface area (Å²) in [6, 6.07) is 16.2. The monoisotopic (exact) mass is 440 g/mol. The van der Waals surface area contributed by atoms with Gasteiger partial charge in [-0.25, -0.2) is 4.98 Å². The number of aromatic nitrogens is 1. The number of benzene rings is 2. The van der Waals surface area contributed by atoms with E-state index in [1.165, 1.54) is 16.9 Å². The third kappa shape index (κ3) is 5.15. The Kier molecular flexibility index (Phi) is 6.24. The number of aryl methyl sites for hydroxylation is 1. The van der Waals surface area contributed by atoms with Crippen LogP contribution in [0.15, 0.2) is 59.1 Å². The maximum atomic E-state index is 12.2. The van der Waals surface area contributed by atoms with Gasteiger partial charge in [-0.1, -0.05) is 66.2 Å². The highest BCUT2D eigenvalue weighted by Gasteiger charge is 2.11. The smallest absolute Gasteiger partial charge is 0.250 e. The molecule has 1 N–H and O–H groups in total. The number of hydrogen-bond donors (Lipinski definition) is 1. The molecule has 0 atom stereocenters. The van der Waals surface area contributed by atoms with E-state index in [-0.39, 0.29) is 5.91 Å². The summed E-state index contributed by atoms with van der Waals surface area (Å²) in [5.74, 6) is 0.318. The molecular formula is C22H21BrN2OS. The van der Waals surface area contributed by atoms with Crippen molar-refractivity contribution in [3.05, 3.63) is 75.1 Å². The van der Waals surface area contributed by atoms with E-state index in [0.717, 1.165) is 26.2 Å². The molecule has 138 valence electrons. The predicted molar refractivity (Wildman–Crippen MR) is 118 cm³/mol. The second-order valence-electron chi connectivity index (χ2n) is 6.57. The molecule has 0 bridgehead atoms. The third-order valence-corrected chi connectivity index (χ3v) is 5.59. The zero-order valence-corrected chi connectivity index (χ0v) is 17.9. The predicted octanol–water partition coefficient (Wildman–Crippen LogP) is 6.66. The quantitative estimate of drug-likeness (QED) is 0.450. The van der Waals surface area contributed by atoms with Gasteiger partial charge >= 0.3 is 0 Å². The lowest BCUT2D eigenvalue weighted by molar-refractivity contribution is -0.111. The van der Waals surface area contributed by atoms with Gasteiger partial charge in [-0.3, -0.25) is 10.1 Å². The molecule has 0 fully saturated rings. The van der Waals surface area contributed by atoms with E-state index in [4.69, 9.17) is 0 Å². The van der Waals surface area contributed by atoms with E-state index in [9.17, 15) is 4.79 Å². The van der Waals surface area contributed by atoms with Gasteiger partial charge in [0.05, 0.1) is 5.69 Å². The number of hydrogen-bond acceptors (Lipinski definition) is 3. The standard InChI is InChI=1S/C22H21BrN2OS/c1-14(2)17-7-4-16(5-8-17)6-13-20(26)24-22-25-21(15(3)27-22)18-9-11-19(23)12-10-18/h4-14H,1-3H3,(H,24,25,26)/b13-6+. The summed E-state index contributed by atoms with van der Waals surface area (Å²) in [5.41, 5.74) is 4.22. The molecule has 0 aliphatic carbocycles. The molecule has 0 unspecified atom stereocenters. The Hall–Kier alpha value is -2.24. The number of nitrogens with one attached hydrogen (secondary N) is 1. The second kappa shape index (κ2) is 8.63. The van der Waals surface area contributed by atoms with Gasteiger partial charge in [0.25, 0.3) is 0 Å². The molecule has 3 rings (SSSR count). The van der Waals surface area contributed by atoms with E-state index >= 15 is 0 Å². The molecule has 5 heteroatoms. The molecule has 0 saturated heterocycles. The second-order valence-corrected chi connectivity index (χ2v) is 8.69. The molecule has 1 amide bonds. The average Bonchev–Trinajstić information content (AvgIpc) is 3.01. The van der Waals surface area contributed by atoms with Gasteiger partial charge in [0.15, 0.2) is 5.13 Å². The topological polar surface area (TPSA) is 42.0 Å². The van der Waals surface area contributed by atoms with Crippen molar-refractivity contribution in [1.82, 2.24) is 4.98 Å². The normalized spacial score (nSPS) is 11.3. The molecule has 1 heterocycles. The third-order valence-electron chi connectivity index (χ3n) is 4.17. The molecule has 1 aromatic heterocycles. The van der Waals surface area contributed by atoms with Crippen molar-refractivity contribution in [1.29, 1.82) is 0 Å². The molecule has 0 aliphatic rings. The lowest BCUT2D eigenvalue weighted by Gasteiger charge is -2.04. The first-order valence-electron chi connectivity index (χ1n) is 8.75. The summed E-state index contributed by atoms with van der Waals surface area (Å²) < 4.78 is 1.03. The molecule has 2 aromatic carbocycles. The van der Waals surface area contributed by atoms with Crippen molar-refractivity contribution in [2.24, 2.45) is 0 Å². The van der Waals surface area contributed by atoms with Crippen LogP contribution in [0.2, 0.25) is 0 Å². The molecule has 0 spiro atoms. The Morgan fingerprint density at radius 1 is 1.11 bits per heavy atom. The van der Waals surface area contributed by atoms with Gasteiger partial charge in [0.2, 0.25) is 5.91 Å². The van der Waals surface area contributed by atoms with E-state index in [0.29, 0.717) is 11.0 Å². The van der Waals surface area contributed by atoms with Gasteiger partial charge in [0.1, 0.15) is 0 Å². The van der Waals surface area contributed by atoms with E-state index in [1.54, 1.807) is 6.08 Å². The minimum atomic E-state index is -0.181. The number of nitrogens with zero attached hydrogens (tertiary/aromatic N) is 1. The zero-order chi connectivity index (χ0) is 19.4. The van der Waals surface area contributed by atoms with Crippen LogP contribution in [0.1, 0.15) is 35.8 Å². The SMILES string of the molecule is Cc1sc(NC(=O)/C=C/c2ccc(C(C)C)cc2)nc1-c1ccc(Br)cc1. The fourth-order valence-corrected chi connectivity index (χ4v) is 3.74. The van der Waals surface area contributed by atoms with Crippen molar-refractivity contribution in [3.8, 4) is 11.3 Å². The molecule has 0 saturated carbocycles. The van der Waals surface area contributed by atoms with Crippen LogP contribution in [0.4, 0.5) is 5.13 Å². The number of carbonyl (C=O) groups excluding carboxylic acids is 1. The minimum absolute atomic E-state index is 0.181. The van der Waals surface area contributed by atoms with Gasteiger partial charge in [0, 0.05) is 21.0 Å². The molecule has 0 aliphatic heterocycles. The first-order valence-corrected chi connectivity index (χ1v) is 10.4. The number of amides is 1. The Morgan fingerprint density at radius 3 is 2.41 bits per heavy atom. The Balaban J connectivity index is 1.67. The van der Waals surface area contributed by atoms with Crippen LogP contribution < -0.4 is 5.32 Å². The highest BCUT2D eigenvalue weighted by atomic mass is 79.9. The lowest BCUT2D eigenvalue weighted by atomic mass is 10.0. The maximum absolute atomic E-state index is 12.2. The van der Waals surface area contributed by atoms with Crippen LogP contribution in [-0.2, 0) is 4.79 Å². The average molecular weight is 441 g/mol. The molecular weight excluding hydrogens is 420 g/mol. The fraction of sp³-hybridized carbons (Fsp3) is 0.182. The largest absolute Gasteiger partial charge is 0.298 e. The van der Waals surface area contributed by atoms with Crippen LogP contribution >= 0.6 is 27.3 Å². The van der Waals surface area contributed by atoms with Gasteiger partial charge < -0.3 is 0 Å². The number of thiazole rings is 1. The van der Waals surface area contributed by atoms with E-state index in [1.807, 2.05) is 49.4 Å². The summed E-state index contributed by atoms with van der Waals surface area (Å²) in [6.45, 7) is 6.34. The number of anilines is 1. The summed E-state index contributed by atoms with van der Waals surface area (Å²) >= 11 is 4.92. The molecule has 3 aromatic rings.